The molecule has 2 aromatic carbocycles. The summed E-state index contributed by atoms with van der Waals surface area (Å²) in [6.45, 7) is 4.08. The summed E-state index contributed by atoms with van der Waals surface area (Å²) in [5, 5.41) is 20.4. The number of aliphatic imine (C=N–C) groups is 1. The average Bonchev–Trinajstić information content (AvgIpc) is 3.00. The zero-order valence-electron chi connectivity index (χ0n) is 14.7. The highest BCUT2D eigenvalue weighted by Crippen LogP contribution is 2.17. The van der Waals surface area contributed by atoms with Gasteiger partial charge >= 0.3 is 0 Å². The van der Waals surface area contributed by atoms with Crippen LogP contribution in [0.5, 0.6) is 0 Å². The molecule has 1 aromatic heterocycles. The van der Waals surface area contributed by atoms with Gasteiger partial charge in [-0.05, 0) is 61.4 Å². The van der Waals surface area contributed by atoms with E-state index in [2.05, 4.69) is 30.4 Å². The van der Waals surface area contributed by atoms with E-state index in [0.29, 0.717) is 17.0 Å². The van der Waals surface area contributed by atoms with Gasteiger partial charge in [0.15, 0.2) is 0 Å². The summed E-state index contributed by atoms with van der Waals surface area (Å²) in [6.07, 6.45) is 0.982. The lowest BCUT2D eigenvalue weighted by Crippen LogP contribution is -2.28. The molecule has 0 spiro atoms. The van der Waals surface area contributed by atoms with Crippen LogP contribution in [0.2, 0.25) is 0 Å². The SMILES string of the molecule is CCc1ccc(N=C(Nc2ccc(C#N)cc2)n2sc(C)cc2=N)cc1. The highest BCUT2D eigenvalue weighted by molar-refractivity contribution is 7.07. The smallest absolute Gasteiger partial charge is 0.223 e. The predicted molar refractivity (Wildman–Crippen MR) is 106 cm³/mol. The summed E-state index contributed by atoms with van der Waals surface area (Å²) in [6, 6.07) is 19.2. The second kappa shape index (κ2) is 7.81. The van der Waals surface area contributed by atoms with E-state index >= 15 is 0 Å². The number of rotatable bonds is 3. The van der Waals surface area contributed by atoms with Crippen molar-refractivity contribution in [2.45, 2.75) is 20.3 Å². The van der Waals surface area contributed by atoms with E-state index in [9.17, 15) is 0 Å². The number of nitriles is 1. The molecule has 0 saturated carbocycles. The van der Waals surface area contributed by atoms with Crippen LogP contribution < -0.4 is 10.8 Å². The molecule has 130 valence electrons. The number of hydrogen-bond acceptors (Lipinski definition) is 4. The van der Waals surface area contributed by atoms with Gasteiger partial charge in [0.25, 0.3) is 0 Å². The molecule has 0 aliphatic rings. The Kier molecular flexibility index (Phi) is 5.30. The van der Waals surface area contributed by atoms with Crippen molar-refractivity contribution in [2.75, 3.05) is 5.32 Å². The Morgan fingerprint density at radius 1 is 1.19 bits per heavy atom. The molecule has 5 nitrogen and oxygen atoms in total. The van der Waals surface area contributed by atoms with E-state index in [0.717, 1.165) is 22.7 Å². The molecule has 0 aliphatic heterocycles. The van der Waals surface area contributed by atoms with Crippen LogP contribution in [0, 0.1) is 23.7 Å². The van der Waals surface area contributed by atoms with Crippen molar-refractivity contribution in [1.29, 1.82) is 10.7 Å². The number of nitrogens with zero attached hydrogens (tertiary/aromatic N) is 3. The number of aryl methyl sites for hydroxylation is 2. The summed E-state index contributed by atoms with van der Waals surface area (Å²) in [5.41, 5.74) is 3.86. The van der Waals surface area contributed by atoms with Gasteiger partial charge in [-0.2, -0.15) is 5.26 Å². The second-order valence-corrected chi connectivity index (χ2v) is 6.99. The molecule has 3 rings (SSSR count). The maximum atomic E-state index is 8.94. The average molecular weight is 361 g/mol. The van der Waals surface area contributed by atoms with Gasteiger partial charge < -0.3 is 5.32 Å². The van der Waals surface area contributed by atoms with Crippen molar-refractivity contribution in [2.24, 2.45) is 4.99 Å². The molecule has 0 fully saturated rings. The summed E-state index contributed by atoms with van der Waals surface area (Å²) in [4.78, 5) is 5.74. The standard InChI is InChI=1S/C20H19N5S/c1-3-15-4-8-17(9-5-15)23-20(25-19(22)12-14(2)26-25)24-18-10-6-16(13-21)7-11-18/h4-12,22H,3H2,1-2H3,(H,23,24). The molecular weight excluding hydrogens is 342 g/mol. The third-order valence-electron chi connectivity index (χ3n) is 3.84. The first-order valence-electron chi connectivity index (χ1n) is 8.29. The molecule has 1 heterocycles. The molecule has 0 saturated heterocycles. The highest BCUT2D eigenvalue weighted by atomic mass is 32.1. The van der Waals surface area contributed by atoms with Crippen molar-refractivity contribution < 1.29 is 0 Å². The Balaban J connectivity index is 2.00. The van der Waals surface area contributed by atoms with E-state index in [4.69, 9.17) is 15.7 Å². The summed E-state index contributed by atoms with van der Waals surface area (Å²) >= 11 is 1.46. The largest absolute Gasteiger partial charge is 0.325 e. The third-order valence-corrected chi connectivity index (χ3v) is 4.79. The van der Waals surface area contributed by atoms with Gasteiger partial charge in [0, 0.05) is 10.6 Å². The van der Waals surface area contributed by atoms with Crippen LogP contribution in [0.15, 0.2) is 59.6 Å². The molecule has 0 radical (unpaired) electrons. The number of benzene rings is 2. The lowest BCUT2D eigenvalue weighted by atomic mass is 10.1. The van der Waals surface area contributed by atoms with E-state index in [1.807, 2.05) is 31.2 Å². The first kappa shape index (κ1) is 17.6. The summed E-state index contributed by atoms with van der Waals surface area (Å²) < 4.78 is 1.75. The molecule has 0 bridgehead atoms. The molecule has 0 amide bonds. The fourth-order valence-electron chi connectivity index (χ4n) is 2.44. The quantitative estimate of drug-likeness (QED) is 0.535. The Bertz CT molecular complexity index is 1020. The number of hydrogen-bond donors (Lipinski definition) is 2. The topological polar surface area (TPSA) is 77.0 Å². The lowest BCUT2D eigenvalue weighted by Gasteiger charge is -2.11. The van der Waals surface area contributed by atoms with Gasteiger partial charge in [-0.3, -0.25) is 5.41 Å². The number of nitrogens with one attached hydrogen (secondary N) is 2. The molecule has 0 atom stereocenters. The van der Waals surface area contributed by atoms with Crippen molar-refractivity contribution in [3.8, 4) is 6.07 Å². The van der Waals surface area contributed by atoms with E-state index in [1.54, 1.807) is 22.2 Å². The van der Waals surface area contributed by atoms with Gasteiger partial charge in [-0.15, -0.1) is 0 Å². The van der Waals surface area contributed by atoms with Gasteiger partial charge in [-0.1, -0.05) is 30.6 Å². The maximum absolute atomic E-state index is 8.94. The number of anilines is 1. The van der Waals surface area contributed by atoms with Gasteiger partial charge in [0.05, 0.1) is 17.3 Å². The summed E-state index contributed by atoms with van der Waals surface area (Å²) in [5.74, 6) is 0.557. The van der Waals surface area contributed by atoms with Crippen LogP contribution in [0.25, 0.3) is 0 Å². The molecule has 0 aliphatic carbocycles. The van der Waals surface area contributed by atoms with Gasteiger partial charge in [0.2, 0.25) is 5.96 Å². The Morgan fingerprint density at radius 2 is 1.88 bits per heavy atom. The highest BCUT2D eigenvalue weighted by Gasteiger charge is 2.08. The van der Waals surface area contributed by atoms with Crippen LogP contribution in [0.3, 0.4) is 0 Å². The first-order valence-corrected chi connectivity index (χ1v) is 9.06. The Morgan fingerprint density at radius 3 is 2.42 bits per heavy atom. The predicted octanol–water partition coefficient (Wildman–Crippen LogP) is 4.42. The van der Waals surface area contributed by atoms with E-state index in [-0.39, 0.29) is 0 Å². The van der Waals surface area contributed by atoms with Crippen molar-refractivity contribution in [3.63, 3.8) is 0 Å². The maximum Gasteiger partial charge on any atom is 0.223 e. The Hall–Kier alpha value is -3.17. The van der Waals surface area contributed by atoms with Crippen molar-refractivity contribution in [1.82, 2.24) is 3.96 Å². The minimum absolute atomic E-state index is 0.373. The van der Waals surface area contributed by atoms with Crippen LogP contribution in [-0.2, 0) is 6.42 Å². The molecule has 26 heavy (non-hydrogen) atoms. The Labute approximate surface area is 156 Å². The normalized spacial score (nSPS) is 11.2. The van der Waals surface area contributed by atoms with Crippen LogP contribution in [0.1, 0.15) is 22.9 Å². The fourth-order valence-corrected chi connectivity index (χ4v) is 3.21. The lowest BCUT2D eigenvalue weighted by molar-refractivity contribution is 1.07. The van der Waals surface area contributed by atoms with E-state index in [1.165, 1.54) is 17.1 Å². The van der Waals surface area contributed by atoms with E-state index < -0.39 is 0 Å². The first-order chi connectivity index (χ1) is 12.6. The second-order valence-electron chi connectivity index (χ2n) is 5.80. The molecular formula is C20H19N5S. The van der Waals surface area contributed by atoms with Crippen LogP contribution in [0.4, 0.5) is 11.4 Å². The zero-order chi connectivity index (χ0) is 18.5. The third kappa shape index (κ3) is 4.08. The molecule has 2 N–H and O–H groups in total. The monoisotopic (exact) mass is 361 g/mol. The van der Waals surface area contributed by atoms with Crippen molar-refractivity contribution >= 4 is 28.9 Å². The molecule has 3 aromatic rings. The minimum Gasteiger partial charge on any atom is -0.325 e. The summed E-state index contributed by atoms with van der Waals surface area (Å²) in [7, 11) is 0. The minimum atomic E-state index is 0.373. The van der Waals surface area contributed by atoms with Crippen LogP contribution in [-0.4, -0.2) is 9.92 Å². The zero-order valence-corrected chi connectivity index (χ0v) is 15.5. The van der Waals surface area contributed by atoms with Crippen LogP contribution >= 0.6 is 11.5 Å². The molecule has 0 unspecified atom stereocenters. The van der Waals surface area contributed by atoms with Crippen molar-refractivity contribution in [3.05, 3.63) is 76.1 Å². The molecule has 6 heteroatoms. The fraction of sp³-hybridized carbons (Fsp3) is 0.150. The van der Waals surface area contributed by atoms with Gasteiger partial charge in [0.1, 0.15) is 5.49 Å². The number of aromatic nitrogens is 1. The van der Waals surface area contributed by atoms with Gasteiger partial charge in [-0.25, -0.2) is 8.95 Å².